The maximum atomic E-state index is 13.7. The first-order valence-electron chi connectivity index (χ1n) is 13.0. The van der Waals surface area contributed by atoms with Crippen molar-refractivity contribution in [2.45, 2.75) is 57.5 Å². The highest BCUT2D eigenvalue weighted by Gasteiger charge is 2.40. The van der Waals surface area contributed by atoms with E-state index in [0.29, 0.717) is 40.2 Å². The Hall–Kier alpha value is -2.68. The third-order valence-corrected chi connectivity index (χ3v) is 8.35. The number of amides is 1. The van der Waals surface area contributed by atoms with Crippen LogP contribution in [-0.2, 0) is 0 Å². The highest BCUT2D eigenvalue weighted by Crippen LogP contribution is 2.35. The third-order valence-electron chi connectivity index (χ3n) is 8.04. The summed E-state index contributed by atoms with van der Waals surface area (Å²) < 4.78 is 1.81. The van der Waals surface area contributed by atoms with Crippen molar-refractivity contribution >= 4 is 34.2 Å². The number of halogens is 1. The van der Waals surface area contributed by atoms with Crippen LogP contribution in [0.1, 0.15) is 56.3 Å². The summed E-state index contributed by atoms with van der Waals surface area (Å²) in [6.45, 7) is 9.42. The van der Waals surface area contributed by atoms with Crippen LogP contribution >= 0.6 is 11.6 Å². The molecule has 2 aromatic heterocycles. The first-order valence-corrected chi connectivity index (χ1v) is 13.4. The van der Waals surface area contributed by atoms with Gasteiger partial charge in [0, 0.05) is 68.3 Å². The van der Waals surface area contributed by atoms with Gasteiger partial charge in [-0.2, -0.15) is 0 Å². The van der Waals surface area contributed by atoms with Crippen LogP contribution < -0.4 is 11.1 Å². The minimum Gasteiger partial charge on any atom is -0.381 e. The van der Waals surface area contributed by atoms with E-state index < -0.39 is 0 Å². The maximum Gasteiger partial charge on any atom is 0.253 e. The lowest BCUT2D eigenvalue weighted by molar-refractivity contribution is 0.000839. The van der Waals surface area contributed by atoms with Gasteiger partial charge in [-0.25, -0.2) is 9.97 Å². The molecule has 1 aromatic carbocycles. The molecule has 3 heterocycles. The van der Waals surface area contributed by atoms with E-state index in [-0.39, 0.29) is 11.4 Å². The number of anilines is 1. The predicted molar refractivity (Wildman–Crippen MR) is 145 cm³/mol. The van der Waals surface area contributed by atoms with Crippen LogP contribution in [0.25, 0.3) is 16.7 Å². The highest BCUT2D eigenvalue weighted by molar-refractivity contribution is 6.37. The normalized spacial score (nSPS) is 19.1. The van der Waals surface area contributed by atoms with Crippen LogP contribution in [-0.4, -0.2) is 74.5 Å². The smallest absolute Gasteiger partial charge is 0.253 e. The van der Waals surface area contributed by atoms with Crippen molar-refractivity contribution in [3.63, 3.8) is 0 Å². The number of hydrogen-bond donors (Lipinski definition) is 2. The second kappa shape index (κ2) is 10.4. The molecular formula is C27H36ClN7O. The average molecular weight is 510 g/mol. The minimum atomic E-state index is -0.125. The van der Waals surface area contributed by atoms with Crippen LogP contribution in [0.2, 0.25) is 5.02 Å². The number of carbonyl (C=O) groups is 1. The Labute approximate surface area is 217 Å². The number of nitrogens with one attached hydrogen (secondary N) is 1. The standard InChI is InChI=1S/C27H36ClN7O/c1-19(2)33-13-15-34(16-14-33)27(9-4-3-5-10-27)18-32-26(36)20-17-35(25-24(29)30-11-12-31-25)22-8-6-7-21(28)23(20)22/h6-8,11-12,17,19H,3-5,9-10,13-16,18H2,1-2H3,(H2,29,30)(H,32,36). The van der Waals surface area contributed by atoms with Gasteiger partial charge in [0.25, 0.3) is 5.91 Å². The Bertz CT molecular complexity index is 1230. The first-order chi connectivity index (χ1) is 17.4. The molecule has 1 aliphatic carbocycles. The van der Waals surface area contributed by atoms with Gasteiger partial charge in [0.2, 0.25) is 0 Å². The molecule has 1 amide bonds. The van der Waals surface area contributed by atoms with E-state index in [1.54, 1.807) is 23.2 Å². The Morgan fingerprint density at radius 3 is 2.53 bits per heavy atom. The molecule has 0 radical (unpaired) electrons. The van der Waals surface area contributed by atoms with E-state index in [9.17, 15) is 4.79 Å². The number of carbonyl (C=O) groups excluding carboxylic acids is 1. The van der Waals surface area contributed by atoms with Gasteiger partial charge in [0.15, 0.2) is 11.6 Å². The summed E-state index contributed by atoms with van der Waals surface area (Å²) in [5, 5.41) is 4.53. The minimum absolute atomic E-state index is 0.00841. The molecule has 3 aromatic rings. The zero-order valence-electron chi connectivity index (χ0n) is 21.2. The van der Waals surface area contributed by atoms with Gasteiger partial charge in [0.1, 0.15) is 0 Å². The third kappa shape index (κ3) is 4.69. The highest BCUT2D eigenvalue weighted by atomic mass is 35.5. The van der Waals surface area contributed by atoms with Crippen molar-refractivity contribution in [3.8, 4) is 5.82 Å². The summed E-state index contributed by atoms with van der Waals surface area (Å²) in [6.07, 6.45) is 10.8. The summed E-state index contributed by atoms with van der Waals surface area (Å²) >= 11 is 6.61. The van der Waals surface area contributed by atoms with Crippen LogP contribution in [0, 0.1) is 0 Å². The topological polar surface area (TPSA) is 92.3 Å². The molecule has 2 fully saturated rings. The molecule has 0 bridgehead atoms. The molecule has 1 saturated carbocycles. The molecule has 5 rings (SSSR count). The Balaban J connectivity index is 1.41. The van der Waals surface area contributed by atoms with E-state index in [0.717, 1.165) is 44.5 Å². The summed E-state index contributed by atoms with van der Waals surface area (Å²) in [6, 6.07) is 6.16. The molecule has 0 unspecified atom stereocenters. The lowest BCUT2D eigenvalue weighted by atomic mass is 9.79. The SMILES string of the molecule is CC(C)N1CCN(C2(CNC(=O)c3cn(-c4nccnc4N)c4cccc(Cl)c34)CCCCC2)CC1. The fourth-order valence-corrected chi connectivity index (χ4v) is 6.26. The molecule has 2 aliphatic rings. The quantitative estimate of drug-likeness (QED) is 0.519. The summed E-state index contributed by atoms with van der Waals surface area (Å²) in [5.41, 5.74) is 7.42. The predicted octanol–water partition coefficient (Wildman–Crippen LogP) is 4.11. The monoisotopic (exact) mass is 509 g/mol. The van der Waals surface area contributed by atoms with Gasteiger partial charge < -0.3 is 11.1 Å². The number of aromatic nitrogens is 3. The summed E-state index contributed by atoms with van der Waals surface area (Å²) in [7, 11) is 0. The molecule has 1 saturated heterocycles. The first kappa shape index (κ1) is 25.0. The van der Waals surface area contributed by atoms with Crippen LogP contribution in [0.4, 0.5) is 5.82 Å². The Morgan fingerprint density at radius 1 is 1.11 bits per heavy atom. The van der Waals surface area contributed by atoms with Gasteiger partial charge >= 0.3 is 0 Å². The number of benzene rings is 1. The Kier molecular flexibility index (Phi) is 7.19. The van der Waals surface area contributed by atoms with E-state index in [2.05, 4.69) is 38.9 Å². The van der Waals surface area contributed by atoms with Crippen molar-refractivity contribution in [1.29, 1.82) is 0 Å². The fraction of sp³-hybridized carbons (Fsp3) is 0.519. The lowest BCUT2D eigenvalue weighted by Gasteiger charge is -2.50. The van der Waals surface area contributed by atoms with Gasteiger partial charge in [-0.15, -0.1) is 0 Å². The number of nitrogens with zero attached hydrogens (tertiary/aromatic N) is 5. The number of fused-ring (bicyclic) bond motifs is 1. The van der Waals surface area contributed by atoms with Gasteiger partial charge in [-0.05, 0) is 38.8 Å². The van der Waals surface area contributed by atoms with E-state index in [4.69, 9.17) is 17.3 Å². The maximum absolute atomic E-state index is 13.7. The molecule has 0 spiro atoms. The number of nitrogens with two attached hydrogens (primary N) is 1. The van der Waals surface area contributed by atoms with E-state index >= 15 is 0 Å². The molecule has 1 aliphatic heterocycles. The largest absolute Gasteiger partial charge is 0.381 e. The fourth-order valence-electron chi connectivity index (χ4n) is 5.99. The van der Waals surface area contributed by atoms with Crippen molar-refractivity contribution in [2.75, 3.05) is 38.5 Å². The van der Waals surface area contributed by atoms with Crippen molar-refractivity contribution in [2.24, 2.45) is 0 Å². The van der Waals surface area contributed by atoms with Crippen molar-refractivity contribution < 1.29 is 4.79 Å². The second-order valence-corrected chi connectivity index (χ2v) is 10.8. The second-order valence-electron chi connectivity index (χ2n) is 10.4. The summed E-state index contributed by atoms with van der Waals surface area (Å²) in [4.78, 5) is 27.4. The van der Waals surface area contributed by atoms with Gasteiger partial charge in [0.05, 0.1) is 16.1 Å². The number of rotatable bonds is 6. The molecule has 192 valence electrons. The van der Waals surface area contributed by atoms with Gasteiger partial charge in [-0.3, -0.25) is 19.2 Å². The van der Waals surface area contributed by atoms with E-state index in [1.165, 1.54) is 19.3 Å². The zero-order chi connectivity index (χ0) is 25.3. The summed E-state index contributed by atoms with van der Waals surface area (Å²) in [5.74, 6) is 0.652. The van der Waals surface area contributed by atoms with Crippen LogP contribution in [0.15, 0.2) is 36.8 Å². The molecule has 0 atom stereocenters. The number of hydrogen-bond acceptors (Lipinski definition) is 6. The van der Waals surface area contributed by atoms with Gasteiger partial charge in [-0.1, -0.05) is 36.9 Å². The zero-order valence-corrected chi connectivity index (χ0v) is 22.0. The van der Waals surface area contributed by atoms with E-state index in [1.807, 2.05) is 18.2 Å². The molecular weight excluding hydrogens is 474 g/mol. The number of piperazine rings is 1. The average Bonchev–Trinajstić information content (AvgIpc) is 3.29. The molecule has 3 N–H and O–H groups in total. The number of nitrogen functional groups attached to an aromatic ring is 1. The lowest BCUT2D eigenvalue weighted by Crippen LogP contribution is -2.62. The van der Waals surface area contributed by atoms with Crippen molar-refractivity contribution in [3.05, 3.63) is 47.4 Å². The van der Waals surface area contributed by atoms with Crippen LogP contribution in [0.5, 0.6) is 0 Å². The molecule has 9 heteroatoms. The molecule has 8 nitrogen and oxygen atoms in total. The van der Waals surface area contributed by atoms with Crippen molar-refractivity contribution in [1.82, 2.24) is 29.7 Å². The molecule has 36 heavy (non-hydrogen) atoms. The Morgan fingerprint density at radius 2 is 1.83 bits per heavy atom. The van der Waals surface area contributed by atoms with Crippen LogP contribution in [0.3, 0.4) is 0 Å².